The van der Waals surface area contributed by atoms with Crippen LogP contribution in [-0.4, -0.2) is 63.5 Å². The first-order valence-electron chi connectivity index (χ1n) is 11.1. The van der Waals surface area contributed by atoms with Crippen LogP contribution in [0.1, 0.15) is 24.0 Å². The van der Waals surface area contributed by atoms with Gasteiger partial charge in [0.1, 0.15) is 11.5 Å². The van der Waals surface area contributed by atoms with Crippen molar-refractivity contribution in [3.8, 4) is 5.69 Å². The predicted octanol–water partition coefficient (Wildman–Crippen LogP) is 3.51. The Morgan fingerprint density at radius 3 is 2.61 bits per heavy atom. The number of hydrogen-bond donors (Lipinski definition) is 1. The Labute approximate surface area is 183 Å². The second kappa shape index (κ2) is 10.7. The summed E-state index contributed by atoms with van der Waals surface area (Å²) in [6, 6.07) is 17.7. The number of piperazine rings is 1. The number of benzene rings is 2. The van der Waals surface area contributed by atoms with E-state index in [0.717, 1.165) is 57.5 Å². The molecular weight excluding hydrogens is 391 g/mol. The summed E-state index contributed by atoms with van der Waals surface area (Å²) < 4.78 is 15.6. The Kier molecular flexibility index (Phi) is 7.46. The molecule has 1 atom stereocenters. The first-order valence-corrected chi connectivity index (χ1v) is 11.1. The van der Waals surface area contributed by atoms with Crippen LogP contribution in [0.3, 0.4) is 0 Å². The van der Waals surface area contributed by atoms with Crippen molar-refractivity contribution in [1.82, 2.24) is 19.6 Å². The molecule has 2 aromatic carbocycles. The highest BCUT2D eigenvalue weighted by Gasteiger charge is 2.26. The van der Waals surface area contributed by atoms with Gasteiger partial charge in [0, 0.05) is 50.6 Å². The fraction of sp³-hybridized carbons (Fsp3) is 0.400. The SMILES string of the molecule is OCCC1CN(Cc2cnn(-c3ccccc3F)c2)CCN1CCCc1ccccc1. The molecule has 1 fully saturated rings. The lowest BCUT2D eigenvalue weighted by Gasteiger charge is -2.41. The number of para-hydroxylation sites is 1. The van der Waals surface area contributed by atoms with Crippen molar-refractivity contribution in [3.05, 3.63) is 83.9 Å². The minimum atomic E-state index is -0.274. The summed E-state index contributed by atoms with van der Waals surface area (Å²) in [6.45, 7) is 4.96. The monoisotopic (exact) mass is 422 g/mol. The number of hydrogen-bond acceptors (Lipinski definition) is 4. The molecule has 1 aromatic heterocycles. The van der Waals surface area contributed by atoms with E-state index in [1.165, 1.54) is 11.6 Å². The highest BCUT2D eigenvalue weighted by atomic mass is 19.1. The minimum Gasteiger partial charge on any atom is -0.396 e. The summed E-state index contributed by atoms with van der Waals surface area (Å²) >= 11 is 0. The fourth-order valence-electron chi connectivity index (χ4n) is 4.42. The molecule has 6 heteroatoms. The molecular formula is C25H31FN4O. The lowest BCUT2D eigenvalue weighted by atomic mass is 10.1. The van der Waals surface area contributed by atoms with Crippen LogP contribution in [0, 0.1) is 5.82 Å². The van der Waals surface area contributed by atoms with Crippen LogP contribution < -0.4 is 0 Å². The number of aromatic nitrogens is 2. The third kappa shape index (κ3) is 5.79. The van der Waals surface area contributed by atoms with Gasteiger partial charge in [0.15, 0.2) is 0 Å². The number of aliphatic hydroxyl groups excluding tert-OH is 1. The largest absolute Gasteiger partial charge is 0.396 e. The molecule has 1 aliphatic rings. The highest BCUT2D eigenvalue weighted by Crippen LogP contribution is 2.18. The number of halogens is 1. The van der Waals surface area contributed by atoms with E-state index in [4.69, 9.17) is 0 Å². The topological polar surface area (TPSA) is 44.5 Å². The van der Waals surface area contributed by atoms with Crippen LogP contribution in [0.5, 0.6) is 0 Å². The van der Waals surface area contributed by atoms with Crippen LogP contribution in [0.15, 0.2) is 67.0 Å². The number of aliphatic hydroxyl groups is 1. The summed E-state index contributed by atoms with van der Waals surface area (Å²) in [7, 11) is 0. The molecule has 0 radical (unpaired) electrons. The molecule has 3 aromatic rings. The van der Waals surface area contributed by atoms with Crippen LogP contribution in [0.4, 0.5) is 4.39 Å². The molecule has 0 saturated carbocycles. The van der Waals surface area contributed by atoms with Gasteiger partial charge in [0.25, 0.3) is 0 Å². The van der Waals surface area contributed by atoms with Crippen molar-refractivity contribution >= 4 is 0 Å². The molecule has 2 heterocycles. The predicted molar refractivity (Wildman–Crippen MR) is 121 cm³/mol. The number of nitrogens with zero attached hydrogens (tertiary/aromatic N) is 4. The summed E-state index contributed by atoms with van der Waals surface area (Å²) in [6.07, 6.45) is 6.73. The Bertz CT molecular complexity index is 945. The van der Waals surface area contributed by atoms with Gasteiger partial charge in [-0.2, -0.15) is 5.10 Å². The third-order valence-corrected chi connectivity index (χ3v) is 6.05. The van der Waals surface area contributed by atoms with E-state index >= 15 is 0 Å². The van der Waals surface area contributed by atoms with Gasteiger partial charge in [-0.05, 0) is 43.5 Å². The molecule has 31 heavy (non-hydrogen) atoms. The van der Waals surface area contributed by atoms with Crippen molar-refractivity contribution in [2.45, 2.75) is 31.8 Å². The Balaban J connectivity index is 1.31. The lowest BCUT2D eigenvalue weighted by molar-refractivity contribution is 0.0547. The van der Waals surface area contributed by atoms with Crippen molar-refractivity contribution in [1.29, 1.82) is 0 Å². The van der Waals surface area contributed by atoms with Gasteiger partial charge in [0.2, 0.25) is 0 Å². The maximum atomic E-state index is 14.0. The highest BCUT2D eigenvalue weighted by molar-refractivity contribution is 5.33. The zero-order valence-corrected chi connectivity index (χ0v) is 17.9. The van der Waals surface area contributed by atoms with E-state index in [0.29, 0.717) is 11.7 Å². The third-order valence-electron chi connectivity index (χ3n) is 6.05. The molecule has 164 valence electrons. The quantitative estimate of drug-likeness (QED) is 0.573. The van der Waals surface area contributed by atoms with E-state index in [1.54, 1.807) is 16.8 Å². The van der Waals surface area contributed by atoms with E-state index < -0.39 is 0 Å². The Morgan fingerprint density at radius 2 is 1.81 bits per heavy atom. The first-order chi connectivity index (χ1) is 15.2. The Morgan fingerprint density at radius 1 is 1.00 bits per heavy atom. The molecule has 5 nitrogen and oxygen atoms in total. The summed E-state index contributed by atoms with van der Waals surface area (Å²) in [5, 5.41) is 13.9. The van der Waals surface area contributed by atoms with E-state index in [1.807, 2.05) is 18.5 Å². The summed E-state index contributed by atoms with van der Waals surface area (Å²) in [5.41, 5.74) is 2.92. The normalized spacial score (nSPS) is 17.8. The van der Waals surface area contributed by atoms with Crippen molar-refractivity contribution in [3.63, 3.8) is 0 Å². The van der Waals surface area contributed by atoms with Crippen LogP contribution >= 0.6 is 0 Å². The second-order valence-electron chi connectivity index (χ2n) is 8.27. The summed E-state index contributed by atoms with van der Waals surface area (Å²) in [4.78, 5) is 4.94. The molecule has 0 bridgehead atoms. The molecule has 1 aliphatic heterocycles. The number of rotatable bonds is 9. The second-order valence-corrected chi connectivity index (χ2v) is 8.27. The van der Waals surface area contributed by atoms with Crippen LogP contribution in [-0.2, 0) is 13.0 Å². The van der Waals surface area contributed by atoms with Gasteiger partial charge in [-0.1, -0.05) is 42.5 Å². The zero-order valence-electron chi connectivity index (χ0n) is 17.9. The Hall–Kier alpha value is -2.54. The standard InChI is InChI=1S/C25H31FN4O/c26-24-10-4-5-11-25(24)30-19-22(17-27-30)18-28-14-15-29(23(20-28)12-16-31)13-6-9-21-7-2-1-3-8-21/h1-5,7-8,10-11,17,19,23,31H,6,9,12-16,18,20H2. The van der Waals surface area contributed by atoms with Gasteiger partial charge in [-0.3, -0.25) is 9.80 Å². The maximum absolute atomic E-state index is 14.0. The summed E-state index contributed by atoms with van der Waals surface area (Å²) in [5.74, 6) is -0.274. The smallest absolute Gasteiger partial charge is 0.148 e. The van der Waals surface area contributed by atoms with Gasteiger partial charge < -0.3 is 5.11 Å². The first kappa shape index (κ1) is 21.7. The average molecular weight is 423 g/mol. The van der Waals surface area contributed by atoms with Gasteiger partial charge >= 0.3 is 0 Å². The molecule has 0 spiro atoms. The van der Waals surface area contributed by atoms with Gasteiger partial charge in [-0.15, -0.1) is 0 Å². The lowest BCUT2D eigenvalue weighted by Crippen LogP contribution is -2.53. The zero-order chi connectivity index (χ0) is 21.5. The van der Waals surface area contributed by atoms with Gasteiger partial charge in [-0.25, -0.2) is 9.07 Å². The molecule has 1 saturated heterocycles. The fourth-order valence-corrected chi connectivity index (χ4v) is 4.42. The minimum absolute atomic E-state index is 0.207. The van der Waals surface area contributed by atoms with Crippen molar-refractivity contribution in [2.75, 3.05) is 32.8 Å². The molecule has 4 rings (SSSR count). The van der Waals surface area contributed by atoms with Crippen LogP contribution in [0.2, 0.25) is 0 Å². The molecule has 1 N–H and O–H groups in total. The van der Waals surface area contributed by atoms with Crippen molar-refractivity contribution in [2.24, 2.45) is 0 Å². The molecule has 1 unspecified atom stereocenters. The van der Waals surface area contributed by atoms with E-state index in [-0.39, 0.29) is 12.4 Å². The maximum Gasteiger partial charge on any atom is 0.148 e. The van der Waals surface area contributed by atoms with Crippen molar-refractivity contribution < 1.29 is 9.50 Å². The average Bonchev–Trinajstić information content (AvgIpc) is 3.25. The van der Waals surface area contributed by atoms with Crippen LogP contribution in [0.25, 0.3) is 5.69 Å². The van der Waals surface area contributed by atoms with E-state index in [2.05, 4.69) is 45.2 Å². The van der Waals surface area contributed by atoms with E-state index in [9.17, 15) is 9.50 Å². The molecule has 0 amide bonds. The molecule has 0 aliphatic carbocycles. The van der Waals surface area contributed by atoms with Gasteiger partial charge in [0.05, 0.1) is 6.20 Å². The number of aryl methyl sites for hydroxylation is 1.